The van der Waals surface area contributed by atoms with Crippen molar-refractivity contribution in [1.82, 2.24) is 46.1 Å². The number of benzene rings is 4. The maximum absolute atomic E-state index is 12.6. The Morgan fingerprint density at radius 2 is 0.814 bits per heavy atom. The molecule has 0 bridgehead atoms. The summed E-state index contributed by atoms with van der Waals surface area (Å²) in [5.41, 5.74) is 14.3. The highest BCUT2D eigenvalue weighted by atomic mass is 16.3. The standard InChI is InChI=1S/C40H45N15O4/c56-31-15-11-27(12-16-31)19-25-42-35-46-37(44-29-7-3-1-4-8-29)50-39(48-35)54-52-33(58)21-23-41-24-22-34(59)53-55-40-49-36(43-26-20-28-13-17-32(57)18-14-28)47-38(51-40)45-30-9-5-2-6-10-30/h1-18,41,56-57H,19-26H2,(H,52,58)(H,53,59)(H3,42,44,46,48,50,54)(H3,43,45,47,49,51,55). The molecule has 0 radical (unpaired) electrons. The van der Waals surface area contributed by atoms with Crippen LogP contribution < -0.4 is 48.3 Å². The van der Waals surface area contributed by atoms with Gasteiger partial charge in [-0.15, -0.1) is 0 Å². The fraction of sp³-hybridized carbons (Fsp3) is 0.200. The minimum atomic E-state index is -0.328. The molecule has 0 atom stereocenters. The zero-order valence-corrected chi connectivity index (χ0v) is 31.9. The van der Waals surface area contributed by atoms with Crippen molar-refractivity contribution >= 4 is 58.9 Å². The van der Waals surface area contributed by atoms with Crippen LogP contribution in [0.5, 0.6) is 11.5 Å². The largest absolute Gasteiger partial charge is 0.508 e. The Balaban J connectivity index is 0.930. The van der Waals surface area contributed by atoms with Gasteiger partial charge in [-0.1, -0.05) is 60.7 Å². The van der Waals surface area contributed by atoms with E-state index in [2.05, 4.69) is 78.2 Å². The van der Waals surface area contributed by atoms with Crippen LogP contribution in [0.2, 0.25) is 0 Å². The molecule has 0 unspecified atom stereocenters. The summed E-state index contributed by atoms with van der Waals surface area (Å²) < 4.78 is 0. The van der Waals surface area contributed by atoms with E-state index in [1.165, 1.54) is 0 Å². The molecule has 0 saturated heterocycles. The molecule has 11 N–H and O–H groups in total. The lowest BCUT2D eigenvalue weighted by Gasteiger charge is -2.13. The van der Waals surface area contributed by atoms with E-state index >= 15 is 0 Å². The Morgan fingerprint density at radius 1 is 0.441 bits per heavy atom. The van der Waals surface area contributed by atoms with Crippen molar-refractivity contribution in [2.75, 3.05) is 58.3 Å². The van der Waals surface area contributed by atoms with Gasteiger partial charge in [0.05, 0.1) is 0 Å². The van der Waals surface area contributed by atoms with Crippen LogP contribution in [-0.2, 0) is 22.4 Å². The summed E-state index contributed by atoms with van der Waals surface area (Å²) >= 11 is 0. The second-order valence-electron chi connectivity index (χ2n) is 12.9. The predicted octanol–water partition coefficient (Wildman–Crippen LogP) is 4.22. The molecule has 0 spiro atoms. The molecule has 0 saturated carbocycles. The molecular weight excluding hydrogens is 755 g/mol. The summed E-state index contributed by atoms with van der Waals surface area (Å²) in [4.78, 5) is 51.7. The second kappa shape index (κ2) is 21.5. The molecule has 0 aliphatic rings. The fourth-order valence-corrected chi connectivity index (χ4v) is 5.30. The number of hydrazine groups is 2. The summed E-state index contributed by atoms with van der Waals surface area (Å²) in [6.07, 6.45) is 1.53. The van der Waals surface area contributed by atoms with Crippen LogP contribution in [0.4, 0.5) is 47.1 Å². The Morgan fingerprint density at radius 3 is 1.22 bits per heavy atom. The number of anilines is 8. The highest BCUT2D eigenvalue weighted by Crippen LogP contribution is 2.18. The van der Waals surface area contributed by atoms with Crippen molar-refractivity contribution < 1.29 is 19.8 Å². The van der Waals surface area contributed by atoms with Gasteiger partial charge < -0.3 is 36.8 Å². The van der Waals surface area contributed by atoms with E-state index in [0.717, 1.165) is 22.5 Å². The minimum absolute atomic E-state index is 0.107. The Bertz CT molecular complexity index is 2080. The average Bonchev–Trinajstić information content (AvgIpc) is 3.24. The molecule has 0 aliphatic carbocycles. The molecule has 4 aromatic carbocycles. The summed E-state index contributed by atoms with van der Waals surface area (Å²) in [6, 6.07) is 32.7. The first kappa shape index (κ1) is 40.9. The van der Waals surface area contributed by atoms with E-state index < -0.39 is 0 Å². The van der Waals surface area contributed by atoms with E-state index in [9.17, 15) is 19.8 Å². The topological polar surface area (TPSA) is 260 Å². The van der Waals surface area contributed by atoms with Crippen LogP contribution in [-0.4, -0.2) is 78.1 Å². The average molecular weight is 800 g/mol. The highest BCUT2D eigenvalue weighted by Gasteiger charge is 2.11. The van der Waals surface area contributed by atoms with Crippen LogP contribution in [0.15, 0.2) is 109 Å². The second-order valence-corrected chi connectivity index (χ2v) is 12.9. The molecule has 2 heterocycles. The number of hydrogen-bond donors (Lipinski definition) is 11. The number of phenolic OH excluding ortho intramolecular Hbond substituents is 2. The number of rotatable bonds is 22. The van der Waals surface area contributed by atoms with Gasteiger partial charge in [0.2, 0.25) is 47.5 Å². The van der Waals surface area contributed by atoms with Gasteiger partial charge in [0.15, 0.2) is 0 Å². The number of carbonyl (C=O) groups is 2. The van der Waals surface area contributed by atoms with Crippen LogP contribution in [0.1, 0.15) is 24.0 Å². The van der Waals surface area contributed by atoms with Crippen molar-refractivity contribution in [3.8, 4) is 11.5 Å². The van der Waals surface area contributed by atoms with Crippen molar-refractivity contribution in [1.29, 1.82) is 0 Å². The first-order valence-electron chi connectivity index (χ1n) is 18.8. The molecule has 19 heteroatoms. The van der Waals surface area contributed by atoms with Gasteiger partial charge in [0, 0.05) is 50.4 Å². The summed E-state index contributed by atoms with van der Waals surface area (Å²) in [6.45, 7) is 1.63. The molecule has 6 rings (SSSR count). The third-order valence-electron chi connectivity index (χ3n) is 8.28. The molecule has 0 fully saturated rings. The number of para-hydroxylation sites is 2. The molecule has 6 aromatic rings. The summed E-state index contributed by atoms with van der Waals surface area (Å²) in [7, 11) is 0. The van der Waals surface area contributed by atoms with Crippen LogP contribution in [0, 0.1) is 0 Å². The van der Waals surface area contributed by atoms with Crippen LogP contribution >= 0.6 is 0 Å². The molecule has 2 aromatic heterocycles. The fourth-order valence-electron chi connectivity index (χ4n) is 5.30. The minimum Gasteiger partial charge on any atom is -0.508 e. The summed E-state index contributed by atoms with van der Waals surface area (Å²) in [5.74, 6) is 1.11. The lowest BCUT2D eigenvalue weighted by molar-refractivity contribution is -0.120. The first-order valence-corrected chi connectivity index (χ1v) is 18.8. The maximum atomic E-state index is 12.6. The van der Waals surface area contributed by atoms with Crippen molar-refractivity contribution in [2.24, 2.45) is 0 Å². The van der Waals surface area contributed by atoms with Gasteiger partial charge in [-0.2, -0.15) is 29.9 Å². The lowest BCUT2D eigenvalue weighted by atomic mass is 10.1. The first-order chi connectivity index (χ1) is 28.8. The smallest absolute Gasteiger partial charge is 0.248 e. The molecule has 19 nitrogen and oxygen atoms in total. The number of nitrogens with one attached hydrogen (secondary N) is 9. The molecule has 59 heavy (non-hydrogen) atoms. The predicted molar refractivity (Wildman–Crippen MR) is 225 cm³/mol. The molecule has 2 amide bonds. The van der Waals surface area contributed by atoms with Gasteiger partial charge >= 0.3 is 0 Å². The van der Waals surface area contributed by atoms with Crippen LogP contribution in [0.3, 0.4) is 0 Å². The monoisotopic (exact) mass is 799 g/mol. The molecule has 304 valence electrons. The number of amides is 2. The van der Waals surface area contributed by atoms with Crippen molar-refractivity contribution in [3.05, 3.63) is 120 Å². The van der Waals surface area contributed by atoms with E-state index in [1.54, 1.807) is 24.3 Å². The van der Waals surface area contributed by atoms with Gasteiger partial charge in [-0.3, -0.25) is 31.3 Å². The zero-order chi connectivity index (χ0) is 41.1. The number of aromatic hydroxyl groups is 2. The van der Waals surface area contributed by atoms with Crippen LogP contribution in [0.25, 0.3) is 0 Å². The van der Waals surface area contributed by atoms with Gasteiger partial charge in [0.25, 0.3) is 0 Å². The summed E-state index contributed by atoms with van der Waals surface area (Å²) in [5, 5.41) is 34.8. The van der Waals surface area contributed by atoms with E-state index in [0.29, 0.717) is 50.9 Å². The zero-order valence-electron chi connectivity index (χ0n) is 31.9. The lowest BCUT2D eigenvalue weighted by Crippen LogP contribution is -2.35. The number of aromatic nitrogens is 6. The third kappa shape index (κ3) is 14.3. The van der Waals surface area contributed by atoms with Crippen molar-refractivity contribution in [2.45, 2.75) is 25.7 Å². The van der Waals surface area contributed by atoms with E-state index in [-0.39, 0.29) is 59.9 Å². The third-order valence-corrected chi connectivity index (χ3v) is 8.28. The molecular formula is C40H45N15O4. The van der Waals surface area contributed by atoms with E-state index in [4.69, 9.17) is 0 Å². The number of hydrogen-bond acceptors (Lipinski definition) is 17. The van der Waals surface area contributed by atoms with Gasteiger partial charge in [0.1, 0.15) is 11.5 Å². The van der Waals surface area contributed by atoms with Gasteiger partial charge in [-0.25, -0.2) is 0 Å². The van der Waals surface area contributed by atoms with Crippen molar-refractivity contribution in [3.63, 3.8) is 0 Å². The highest BCUT2D eigenvalue weighted by molar-refractivity contribution is 5.78. The maximum Gasteiger partial charge on any atom is 0.248 e. The van der Waals surface area contributed by atoms with Gasteiger partial charge in [-0.05, 0) is 72.5 Å². The Kier molecular flexibility index (Phi) is 14.9. The number of nitrogens with zero attached hydrogens (tertiary/aromatic N) is 6. The number of phenols is 2. The normalized spacial score (nSPS) is 10.6. The van der Waals surface area contributed by atoms with E-state index in [1.807, 2.05) is 84.9 Å². The number of carbonyl (C=O) groups excluding carboxylic acids is 2. The Hall–Kier alpha value is -7.80. The Labute approximate surface area is 339 Å². The quantitative estimate of drug-likeness (QED) is 0.0339. The molecule has 0 aliphatic heterocycles. The SMILES string of the molecule is O=C(CCNCCC(=O)NNc1nc(NCCc2ccc(O)cc2)nc(Nc2ccccc2)n1)NNc1nc(NCCc2ccc(O)cc2)nc(Nc2ccccc2)n1.